The average Bonchev–Trinajstić information content (AvgIpc) is 2.62. The maximum Gasteiger partial charge on any atom is 0.393 e. The molecule has 68 valence electrons. The van der Waals surface area contributed by atoms with Crippen LogP contribution in [0.2, 0.25) is 0 Å². The molecule has 13 heavy (non-hydrogen) atoms. The van der Waals surface area contributed by atoms with Gasteiger partial charge >= 0.3 is 6.67 Å². The van der Waals surface area contributed by atoms with Crippen molar-refractivity contribution in [3.8, 4) is 11.9 Å². The quantitative estimate of drug-likeness (QED) is 0.457. The molecule has 0 bridgehead atoms. The first-order valence-electron chi connectivity index (χ1n) is 3.31. The van der Waals surface area contributed by atoms with Gasteiger partial charge in [-0.2, -0.15) is 0 Å². The molecule has 0 unspecified atom stereocenters. The number of hydrogen-bond donors (Lipinski definition) is 0. The van der Waals surface area contributed by atoms with E-state index < -0.39 is 11.9 Å². The van der Waals surface area contributed by atoms with Crippen molar-refractivity contribution < 1.29 is 28.6 Å². The summed E-state index contributed by atoms with van der Waals surface area (Å²) < 4.78 is 10.9. The lowest BCUT2D eigenvalue weighted by molar-refractivity contribution is -0.968. The van der Waals surface area contributed by atoms with Gasteiger partial charge in [-0.05, 0) is 9.36 Å². The van der Waals surface area contributed by atoms with Gasteiger partial charge < -0.3 is 19.3 Å². The molecule has 2 heterocycles. The highest BCUT2D eigenvalue weighted by molar-refractivity contribution is 4.80. The van der Waals surface area contributed by atoms with Gasteiger partial charge in [-0.1, -0.05) is 0 Å². The second-order valence-corrected chi connectivity index (χ2v) is 2.26. The van der Waals surface area contributed by atoms with Crippen molar-refractivity contribution in [1.29, 1.82) is 0 Å². The van der Waals surface area contributed by atoms with Gasteiger partial charge in [-0.3, -0.25) is 0 Å². The number of hydrogen-bond acceptors (Lipinski definition) is 6. The van der Waals surface area contributed by atoms with Crippen LogP contribution in [-0.2, 0) is 6.67 Å². The Morgan fingerprint density at radius 1 is 1.08 bits per heavy atom. The lowest BCUT2D eigenvalue weighted by atomic mass is 10.8. The van der Waals surface area contributed by atoms with Crippen LogP contribution in [0.15, 0.2) is 21.4 Å². The zero-order valence-corrected chi connectivity index (χ0v) is 6.28. The van der Waals surface area contributed by atoms with E-state index in [4.69, 9.17) is 0 Å². The molecule has 0 aliphatic heterocycles. The van der Waals surface area contributed by atoms with Crippen molar-refractivity contribution in [2.24, 2.45) is 0 Å². The summed E-state index contributed by atoms with van der Waals surface area (Å²) in [6, 6.07) is 0. The van der Waals surface area contributed by atoms with E-state index in [1.165, 1.54) is 9.36 Å². The van der Waals surface area contributed by atoms with Gasteiger partial charge in [-0.25, -0.2) is 0 Å². The van der Waals surface area contributed by atoms with E-state index >= 15 is 0 Å². The van der Waals surface area contributed by atoms with Crippen molar-refractivity contribution in [3.63, 3.8) is 0 Å². The van der Waals surface area contributed by atoms with Crippen LogP contribution in [0.1, 0.15) is 0 Å². The molecule has 0 saturated carbocycles. The number of nitrogens with zero attached hydrogens (tertiary/aromatic N) is 4. The molecule has 0 N–H and O–H groups in total. The molecule has 0 atom stereocenters. The second-order valence-electron chi connectivity index (χ2n) is 2.26. The maximum absolute atomic E-state index is 10.5. The van der Waals surface area contributed by atoms with Crippen LogP contribution in [0.5, 0.6) is 11.9 Å². The fraction of sp³-hybridized carbons (Fsp3) is 0.200. The predicted octanol–water partition coefficient (Wildman–Crippen LogP) is -3.11. The smallest absolute Gasteiger partial charge is 0.393 e. The third kappa shape index (κ3) is 1.55. The summed E-state index contributed by atoms with van der Waals surface area (Å²) in [5.74, 6) is -1.13. The van der Waals surface area contributed by atoms with Crippen LogP contribution in [0.25, 0.3) is 0 Å². The summed E-state index contributed by atoms with van der Waals surface area (Å²) in [5, 5.41) is 27.7. The van der Waals surface area contributed by atoms with E-state index in [-0.39, 0.29) is 6.67 Å². The van der Waals surface area contributed by atoms with Crippen molar-refractivity contribution in [3.05, 3.63) is 12.4 Å². The van der Waals surface area contributed by atoms with Crippen LogP contribution < -0.4 is 19.6 Å². The Morgan fingerprint density at radius 2 is 1.54 bits per heavy atom. The van der Waals surface area contributed by atoms with Crippen molar-refractivity contribution >= 4 is 0 Å². The van der Waals surface area contributed by atoms with Gasteiger partial charge in [-0.15, -0.1) is 0 Å². The number of aromatic nitrogens is 4. The largest absolute Gasteiger partial charge is 0.539 e. The number of rotatable bonds is 2. The first-order valence-corrected chi connectivity index (χ1v) is 3.31. The average molecular weight is 184 g/mol. The third-order valence-corrected chi connectivity index (χ3v) is 1.27. The molecule has 0 spiro atoms. The van der Waals surface area contributed by atoms with E-state index in [0.29, 0.717) is 0 Å². The zero-order chi connectivity index (χ0) is 9.26. The molecule has 2 rings (SSSR count). The summed E-state index contributed by atoms with van der Waals surface area (Å²) in [6.45, 7) is 0.0947. The summed E-state index contributed by atoms with van der Waals surface area (Å²) in [7, 11) is 0. The molecular weight excluding hydrogens is 180 g/mol. The van der Waals surface area contributed by atoms with Gasteiger partial charge in [0.2, 0.25) is 12.4 Å². The Labute approximate surface area is 71.2 Å². The molecule has 0 amide bonds. The lowest BCUT2D eigenvalue weighted by Gasteiger charge is -1.77. The first-order chi connectivity index (χ1) is 6.24. The van der Waals surface area contributed by atoms with E-state index in [9.17, 15) is 10.2 Å². The Balaban J connectivity index is 2.14. The molecule has 0 radical (unpaired) electrons. The van der Waals surface area contributed by atoms with Crippen LogP contribution in [0, 0.1) is 0 Å². The molecule has 8 nitrogen and oxygen atoms in total. The molecular formula is C5H4N4O4. The monoisotopic (exact) mass is 184 g/mol. The van der Waals surface area contributed by atoms with Crippen LogP contribution in [0.4, 0.5) is 0 Å². The molecule has 2 aromatic heterocycles. The summed E-state index contributed by atoms with van der Waals surface area (Å²) in [5.41, 5.74) is 0. The maximum atomic E-state index is 10.5. The minimum Gasteiger partial charge on any atom is -0.539 e. The lowest BCUT2D eigenvalue weighted by Crippen LogP contribution is -2.53. The normalized spacial score (nSPS) is 10.5. The van der Waals surface area contributed by atoms with E-state index in [0.717, 1.165) is 12.4 Å². The fourth-order valence-electron chi connectivity index (χ4n) is 0.805. The Hall–Kier alpha value is -2.12. The van der Waals surface area contributed by atoms with Crippen LogP contribution in [0.3, 0.4) is 0 Å². The van der Waals surface area contributed by atoms with Gasteiger partial charge in [0.05, 0.1) is 10.5 Å². The van der Waals surface area contributed by atoms with Crippen molar-refractivity contribution in [2.75, 3.05) is 0 Å². The highest BCUT2D eigenvalue weighted by atomic mass is 16.6. The topological polar surface area (TPSA) is 106 Å². The zero-order valence-electron chi connectivity index (χ0n) is 6.28. The summed E-state index contributed by atoms with van der Waals surface area (Å²) in [6.07, 6.45) is 2.26. The van der Waals surface area contributed by atoms with E-state index in [1.807, 2.05) is 0 Å². The van der Waals surface area contributed by atoms with Gasteiger partial charge in [0.25, 0.3) is 0 Å². The SMILES string of the molecule is [O-]c1c[n+](C[n+]2cc([O-])on2)no1. The Bertz CT molecular complexity index is 370. The van der Waals surface area contributed by atoms with Crippen molar-refractivity contribution in [2.45, 2.75) is 6.67 Å². The molecule has 0 saturated heterocycles. The van der Waals surface area contributed by atoms with E-state index in [1.54, 1.807) is 0 Å². The summed E-state index contributed by atoms with van der Waals surface area (Å²) >= 11 is 0. The van der Waals surface area contributed by atoms with Gasteiger partial charge in [0.1, 0.15) is 11.9 Å². The molecule has 0 aliphatic carbocycles. The fourth-order valence-corrected chi connectivity index (χ4v) is 0.805. The van der Waals surface area contributed by atoms with E-state index in [2.05, 4.69) is 19.6 Å². The minimum absolute atomic E-state index is 0.0947. The Morgan fingerprint density at radius 3 is 1.85 bits per heavy atom. The highest BCUT2D eigenvalue weighted by Crippen LogP contribution is 1.93. The second kappa shape index (κ2) is 2.73. The molecule has 0 aromatic carbocycles. The summed E-state index contributed by atoms with van der Waals surface area (Å²) in [4.78, 5) is 0. The predicted molar refractivity (Wildman–Crippen MR) is 27.7 cm³/mol. The van der Waals surface area contributed by atoms with Gasteiger partial charge in [0, 0.05) is 0 Å². The van der Waals surface area contributed by atoms with Crippen LogP contribution >= 0.6 is 0 Å². The first kappa shape index (κ1) is 7.53. The molecule has 2 aromatic rings. The molecule has 8 heteroatoms. The Kier molecular flexibility index (Phi) is 1.58. The minimum atomic E-state index is -0.563. The van der Waals surface area contributed by atoms with Crippen LogP contribution in [-0.4, -0.2) is 10.5 Å². The standard InChI is InChI=1S/C5H4N4O4/c10-4-1-8(6-12-4)3-9-2-5(11)13-7-9/h1-2H,3H2. The third-order valence-electron chi connectivity index (χ3n) is 1.27. The molecule has 0 fully saturated rings. The van der Waals surface area contributed by atoms with Gasteiger partial charge in [0.15, 0.2) is 0 Å². The van der Waals surface area contributed by atoms with Crippen molar-refractivity contribution in [1.82, 2.24) is 10.5 Å². The molecule has 0 aliphatic rings. The highest BCUT2D eigenvalue weighted by Gasteiger charge is 2.12.